The van der Waals surface area contributed by atoms with E-state index < -0.39 is 20.9 Å². The summed E-state index contributed by atoms with van der Waals surface area (Å²) < 4.78 is 49.7. The summed E-state index contributed by atoms with van der Waals surface area (Å²) in [5, 5.41) is 10.3. The molecule has 3 unspecified atom stereocenters. The summed E-state index contributed by atoms with van der Waals surface area (Å²) in [7, 11) is -2.48. The number of carbonyl (C=O) groups excluding carboxylic acids is 1. The SMILES string of the molecule is C[C@]12CCC3C(CC[C@@H]4C[C@@](O)(C(F)F)CC[C@H]34)C1CC[C@@H]2C(=O)CSS(C)(=O)=O. The van der Waals surface area contributed by atoms with E-state index in [1.807, 2.05) is 0 Å². The average molecular weight is 465 g/mol. The fraction of sp³-hybridized carbons (Fsp3) is 0.955. The van der Waals surface area contributed by atoms with E-state index in [4.69, 9.17) is 0 Å². The standard InChI is InChI=1S/C22H34F2O4S2/c1-21-9-7-15-14-8-10-22(26,20(23)24)11-13(14)3-4-16(15)17(21)5-6-18(21)19(25)12-29-30(2,27)28/h13-18,20,26H,3-12H2,1-2H3/t13-,14+,15?,16?,17?,18-,21+,22-/m1/s1. The minimum absolute atomic E-state index is 0.0385. The molecule has 4 nitrogen and oxygen atoms in total. The Bertz CT molecular complexity index is 788. The van der Waals surface area contributed by atoms with Crippen molar-refractivity contribution in [1.82, 2.24) is 0 Å². The molecular weight excluding hydrogens is 430 g/mol. The fourth-order valence-corrected chi connectivity index (χ4v) is 9.42. The number of carbonyl (C=O) groups is 1. The lowest BCUT2D eigenvalue weighted by Gasteiger charge is -2.57. The summed E-state index contributed by atoms with van der Waals surface area (Å²) in [6, 6.07) is 0. The molecule has 4 rings (SSSR count). The predicted octanol–water partition coefficient (Wildman–Crippen LogP) is 4.51. The van der Waals surface area contributed by atoms with Crippen molar-refractivity contribution in [2.75, 3.05) is 12.0 Å². The Kier molecular flexibility index (Phi) is 6.11. The number of aliphatic hydroxyl groups is 1. The van der Waals surface area contributed by atoms with E-state index in [1.165, 1.54) is 0 Å². The molecular formula is C22H34F2O4S2. The molecule has 4 saturated carbocycles. The van der Waals surface area contributed by atoms with Crippen molar-refractivity contribution in [3.8, 4) is 0 Å². The Morgan fingerprint density at radius 1 is 1.07 bits per heavy atom. The Morgan fingerprint density at radius 3 is 2.43 bits per heavy atom. The molecule has 0 bridgehead atoms. The second kappa shape index (κ2) is 7.98. The monoisotopic (exact) mass is 464 g/mol. The fourth-order valence-electron chi connectivity index (χ4n) is 7.90. The molecule has 0 aliphatic heterocycles. The molecule has 8 heteroatoms. The largest absolute Gasteiger partial charge is 0.384 e. The van der Waals surface area contributed by atoms with E-state index in [9.17, 15) is 27.1 Å². The van der Waals surface area contributed by atoms with Crippen LogP contribution in [0.15, 0.2) is 0 Å². The third-order valence-electron chi connectivity index (χ3n) is 9.26. The molecule has 0 aromatic rings. The van der Waals surface area contributed by atoms with Gasteiger partial charge in [0.15, 0.2) is 8.87 Å². The maximum absolute atomic E-state index is 13.4. The molecule has 0 aromatic heterocycles. The van der Waals surface area contributed by atoms with E-state index in [0.29, 0.717) is 30.1 Å². The van der Waals surface area contributed by atoms with Gasteiger partial charge in [-0.2, -0.15) is 0 Å². The second-order valence-corrected chi connectivity index (χ2v) is 15.1. The Morgan fingerprint density at radius 2 is 1.77 bits per heavy atom. The van der Waals surface area contributed by atoms with Crippen LogP contribution in [0.1, 0.15) is 64.7 Å². The lowest BCUT2D eigenvalue weighted by atomic mass is 9.49. The molecule has 0 spiro atoms. The van der Waals surface area contributed by atoms with Crippen LogP contribution in [0.4, 0.5) is 8.78 Å². The van der Waals surface area contributed by atoms with E-state index >= 15 is 0 Å². The number of hydrogen-bond acceptors (Lipinski definition) is 5. The van der Waals surface area contributed by atoms with Gasteiger partial charge in [-0.25, -0.2) is 17.2 Å². The van der Waals surface area contributed by atoms with Crippen LogP contribution >= 0.6 is 10.8 Å². The van der Waals surface area contributed by atoms with Gasteiger partial charge >= 0.3 is 0 Å². The highest BCUT2D eigenvalue weighted by atomic mass is 33.1. The second-order valence-electron chi connectivity index (χ2n) is 10.7. The van der Waals surface area contributed by atoms with Crippen LogP contribution in [-0.4, -0.2) is 43.3 Å². The number of fused-ring (bicyclic) bond motifs is 5. The van der Waals surface area contributed by atoms with Crippen molar-refractivity contribution in [3.63, 3.8) is 0 Å². The molecule has 4 aliphatic rings. The van der Waals surface area contributed by atoms with E-state index in [1.54, 1.807) is 0 Å². The smallest absolute Gasteiger partial charge is 0.266 e. The van der Waals surface area contributed by atoms with Crippen LogP contribution in [0.25, 0.3) is 0 Å². The number of halogens is 2. The summed E-state index contributed by atoms with van der Waals surface area (Å²) in [6.45, 7) is 2.23. The van der Waals surface area contributed by atoms with Crippen LogP contribution in [0.3, 0.4) is 0 Å². The van der Waals surface area contributed by atoms with E-state index in [0.717, 1.165) is 55.6 Å². The van der Waals surface area contributed by atoms with Crippen molar-refractivity contribution in [2.24, 2.45) is 40.9 Å². The van der Waals surface area contributed by atoms with Gasteiger partial charge in [0.05, 0.1) is 5.75 Å². The van der Waals surface area contributed by atoms with Gasteiger partial charge in [0.1, 0.15) is 11.4 Å². The molecule has 4 fully saturated rings. The minimum Gasteiger partial charge on any atom is -0.384 e. The van der Waals surface area contributed by atoms with Crippen molar-refractivity contribution >= 4 is 25.4 Å². The maximum atomic E-state index is 13.4. The first-order valence-corrected chi connectivity index (χ1v) is 14.7. The predicted molar refractivity (Wildman–Crippen MR) is 114 cm³/mol. The molecule has 30 heavy (non-hydrogen) atoms. The molecule has 0 saturated heterocycles. The summed E-state index contributed by atoms with van der Waals surface area (Å²) in [4.78, 5) is 12.9. The highest BCUT2D eigenvalue weighted by Crippen LogP contribution is 2.65. The van der Waals surface area contributed by atoms with Gasteiger partial charge < -0.3 is 5.11 Å². The number of Topliss-reactive ketones (excluding diaryl/α,β-unsaturated/α-hetero) is 1. The molecule has 172 valence electrons. The average Bonchev–Trinajstić information content (AvgIpc) is 3.02. The van der Waals surface area contributed by atoms with Gasteiger partial charge in [-0.3, -0.25) is 4.79 Å². The highest BCUT2D eigenvalue weighted by molar-refractivity contribution is 8.72. The molecule has 0 radical (unpaired) electrons. The van der Waals surface area contributed by atoms with Gasteiger partial charge in [0.25, 0.3) is 6.43 Å². The topological polar surface area (TPSA) is 71.4 Å². The minimum atomic E-state index is -3.22. The van der Waals surface area contributed by atoms with Gasteiger partial charge in [-0.1, -0.05) is 6.92 Å². The van der Waals surface area contributed by atoms with Crippen molar-refractivity contribution in [2.45, 2.75) is 76.7 Å². The van der Waals surface area contributed by atoms with Crippen LogP contribution in [-0.2, 0) is 13.7 Å². The van der Waals surface area contributed by atoms with Crippen LogP contribution < -0.4 is 0 Å². The van der Waals surface area contributed by atoms with E-state index in [-0.39, 0.29) is 41.6 Å². The number of alkyl halides is 2. The highest BCUT2D eigenvalue weighted by Gasteiger charge is 2.59. The molecule has 0 amide bonds. The van der Waals surface area contributed by atoms with Crippen molar-refractivity contribution < 1.29 is 27.1 Å². The van der Waals surface area contributed by atoms with Crippen LogP contribution in [0, 0.1) is 40.9 Å². The van der Waals surface area contributed by atoms with Gasteiger partial charge in [-0.05, 0) is 104 Å². The zero-order valence-corrected chi connectivity index (χ0v) is 19.5. The molecule has 0 heterocycles. The Hall–Kier alpha value is -0.210. The summed E-state index contributed by atoms with van der Waals surface area (Å²) in [5.74, 6) is 2.16. The molecule has 8 atom stereocenters. The first-order valence-electron chi connectivity index (χ1n) is 11.3. The molecule has 4 aliphatic carbocycles. The third-order valence-corrected chi connectivity index (χ3v) is 11.7. The Labute approximate surface area is 182 Å². The molecule has 0 aromatic carbocycles. The first-order chi connectivity index (χ1) is 13.9. The lowest BCUT2D eigenvalue weighted by molar-refractivity contribution is -0.160. The van der Waals surface area contributed by atoms with Crippen LogP contribution in [0.5, 0.6) is 0 Å². The number of rotatable bonds is 5. The van der Waals surface area contributed by atoms with Crippen molar-refractivity contribution in [1.29, 1.82) is 0 Å². The summed E-state index contributed by atoms with van der Waals surface area (Å²) in [6.07, 6.45) is 5.32. The van der Waals surface area contributed by atoms with Crippen LogP contribution in [0.2, 0.25) is 0 Å². The quantitative estimate of drug-likeness (QED) is 0.606. The summed E-state index contributed by atoms with van der Waals surface area (Å²) in [5.41, 5.74) is -1.87. The normalized spacial score (nSPS) is 46.2. The number of ketones is 1. The zero-order chi connectivity index (χ0) is 21.9. The third kappa shape index (κ3) is 3.98. The Balaban J connectivity index is 1.46. The summed E-state index contributed by atoms with van der Waals surface area (Å²) >= 11 is 0. The first kappa shape index (κ1) is 23.0. The molecule has 1 N–H and O–H groups in total. The van der Waals surface area contributed by atoms with Gasteiger partial charge in [-0.15, -0.1) is 0 Å². The van der Waals surface area contributed by atoms with E-state index in [2.05, 4.69) is 6.92 Å². The number of hydrogen-bond donors (Lipinski definition) is 1. The van der Waals surface area contributed by atoms with Gasteiger partial charge in [0.2, 0.25) is 0 Å². The van der Waals surface area contributed by atoms with Gasteiger partial charge in [0, 0.05) is 12.2 Å². The van der Waals surface area contributed by atoms with Crippen molar-refractivity contribution in [3.05, 3.63) is 0 Å². The zero-order valence-electron chi connectivity index (χ0n) is 17.9. The lowest BCUT2D eigenvalue weighted by Crippen LogP contribution is -2.53. The maximum Gasteiger partial charge on any atom is 0.266 e.